The minimum absolute atomic E-state index is 0.112. The van der Waals surface area contributed by atoms with E-state index >= 15 is 0 Å². The van der Waals surface area contributed by atoms with E-state index in [1.54, 1.807) is 23.1 Å². The number of carbonyl (C=O) groups excluding carboxylic acids is 1. The number of amides is 2. The zero-order valence-electron chi connectivity index (χ0n) is 18.8. The standard InChI is InChI=1S/C25H27FN2O4S/c1-18(2)16-28(25(29)27-24-10-5-4-7-19(24)3)17-20-8-6-9-22(15-20)32-33(30,31)23-13-11-21(26)12-14-23/h4-15,18H,16-17H2,1-3H3,(H,27,29). The van der Waals surface area contributed by atoms with Crippen LogP contribution in [-0.4, -0.2) is 25.9 Å². The summed E-state index contributed by atoms with van der Waals surface area (Å²) in [6.45, 7) is 6.73. The lowest BCUT2D eigenvalue weighted by atomic mass is 10.1. The Morgan fingerprint density at radius 3 is 2.39 bits per heavy atom. The summed E-state index contributed by atoms with van der Waals surface area (Å²) >= 11 is 0. The van der Waals surface area contributed by atoms with Crippen LogP contribution in [0.3, 0.4) is 0 Å². The maximum Gasteiger partial charge on any atom is 0.339 e. The second-order valence-electron chi connectivity index (χ2n) is 8.16. The number of rotatable bonds is 8. The fourth-order valence-corrected chi connectivity index (χ4v) is 4.18. The van der Waals surface area contributed by atoms with E-state index in [0.29, 0.717) is 12.1 Å². The molecule has 0 saturated heterocycles. The van der Waals surface area contributed by atoms with Crippen molar-refractivity contribution in [3.8, 4) is 5.75 Å². The normalized spacial score (nSPS) is 11.3. The highest BCUT2D eigenvalue weighted by Crippen LogP contribution is 2.22. The number of aryl methyl sites for hydroxylation is 1. The molecule has 0 heterocycles. The van der Waals surface area contributed by atoms with Crippen LogP contribution in [0.2, 0.25) is 0 Å². The molecule has 0 aliphatic heterocycles. The second-order valence-corrected chi connectivity index (χ2v) is 9.70. The van der Waals surface area contributed by atoms with Crippen molar-refractivity contribution < 1.29 is 21.8 Å². The van der Waals surface area contributed by atoms with E-state index in [1.807, 2.05) is 45.0 Å². The highest BCUT2D eigenvalue weighted by Gasteiger charge is 2.19. The molecule has 3 rings (SSSR count). The van der Waals surface area contributed by atoms with Gasteiger partial charge in [-0.05, 0) is 66.4 Å². The maximum absolute atomic E-state index is 13.1. The van der Waals surface area contributed by atoms with E-state index in [4.69, 9.17) is 4.18 Å². The Balaban J connectivity index is 1.77. The van der Waals surface area contributed by atoms with Crippen LogP contribution in [0.5, 0.6) is 5.75 Å². The van der Waals surface area contributed by atoms with Gasteiger partial charge in [0.25, 0.3) is 0 Å². The second kappa shape index (κ2) is 10.5. The predicted octanol–water partition coefficient (Wildman–Crippen LogP) is 5.59. The van der Waals surface area contributed by atoms with Gasteiger partial charge in [0.1, 0.15) is 16.5 Å². The van der Waals surface area contributed by atoms with Crippen LogP contribution in [0.25, 0.3) is 0 Å². The predicted molar refractivity (Wildman–Crippen MR) is 126 cm³/mol. The van der Waals surface area contributed by atoms with Crippen LogP contribution in [-0.2, 0) is 16.7 Å². The van der Waals surface area contributed by atoms with Gasteiger partial charge in [-0.15, -0.1) is 0 Å². The number of para-hydroxylation sites is 1. The Kier molecular flexibility index (Phi) is 7.71. The SMILES string of the molecule is Cc1ccccc1NC(=O)N(Cc1cccc(OS(=O)(=O)c2ccc(F)cc2)c1)CC(C)C. The zero-order chi connectivity index (χ0) is 24.0. The van der Waals surface area contributed by atoms with Gasteiger partial charge in [-0.3, -0.25) is 0 Å². The van der Waals surface area contributed by atoms with Gasteiger partial charge in [0, 0.05) is 18.8 Å². The molecule has 8 heteroatoms. The maximum atomic E-state index is 13.1. The summed E-state index contributed by atoms with van der Waals surface area (Å²) in [6.07, 6.45) is 0. The summed E-state index contributed by atoms with van der Waals surface area (Å²) in [4.78, 5) is 14.5. The largest absolute Gasteiger partial charge is 0.379 e. The lowest BCUT2D eigenvalue weighted by Gasteiger charge is -2.25. The van der Waals surface area contributed by atoms with E-state index in [0.717, 1.165) is 35.5 Å². The van der Waals surface area contributed by atoms with Crippen molar-refractivity contribution in [1.82, 2.24) is 4.90 Å². The average molecular weight is 471 g/mol. The molecular weight excluding hydrogens is 443 g/mol. The number of nitrogens with zero attached hydrogens (tertiary/aromatic N) is 1. The number of anilines is 1. The third kappa shape index (κ3) is 6.79. The van der Waals surface area contributed by atoms with Gasteiger partial charge in [-0.2, -0.15) is 8.42 Å². The minimum Gasteiger partial charge on any atom is -0.379 e. The smallest absolute Gasteiger partial charge is 0.339 e. The first-order chi connectivity index (χ1) is 15.6. The molecule has 6 nitrogen and oxygen atoms in total. The molecule has 0 unspecified atom stereocenters. The number of halogens is 1. The molecule has 1 N–H and O–H groups in total. The van der Waals surface area contributed by atoms with Gasteiger partial charge in [0.05, 0.1) is 0 Å². The molecule has 2 amide bonds. The van der Waals surface area contributed by atoms with E-state index in [-0.39, 0.29) is 29.1 Å². The summed E-state index contributed by atoms with van der Waals surface area (Å²) in [7, 11) is -4.12. The van der Waals surface area contributed by atoms with Crippen LogP contribution in [0.15, 0.2) is 77.7 Å². The van der Waals surface area contributed by atoms with Gasteiger partial charge in [0.2, 0.25) is 0 Å². The number of benzene rings is 3. The van der Waals surface area contributed by atoms with Crippen molar-refractivity contribution in [3.63, 3.8) is 0 Å². The van der Waals surface area contributed by atoms with E-state index < -0.39 is 15.9 Å². The van der Waals surface area contributed by atoms with Crippen molar-refractivity contribution in [2.45, 2.75) is 32.2 Å². The summed E-state index contributed by atoms with van der Waals surface area (Å²) < 4.78 is 43.4. The van der Waals surface area contributed by atoms with Gasteiger partial charge >= 0.3 is 16.1 Å². The van der Waals surface area contributed by atoms with Crippen LogP contribution >= 0.6 is 0 Å². The molecule has 0 radical (unpaired) electrons. The third-order valence-corrected chi connectivity index (χ3v) is 6.10. The van der Waals surface area contributed by atoms with Gasteiger partial charge < -0.3 is 14.4 Å². The summed E-state index contributed by atoms with van der Waals surface area (Å²) in [6, 6.07) is 18.3. The number of hydrogen-bond acceptors (Lipinski definition) is 4. The molecule has 0 fully saturated rings. The lowest BCUT2D eigenvalue weighted by Crippen LogP contribution is -2.37. The Bertz CT molecular complexity index is 1210. The highest BCUT2D eigenvalue weighted by atomic mass is 32.2. The van der Waals surface area contributed by atoms with Crippen molar-refractivity contribution in [3.05, 3.63) is 89.7 Å². The van der Waals surface area contributed by atoms with Gasteiger partial charge in [-0.25, -0.2) is 9.18 Å². The quantitative estimate of drug-likeness (QED) is 0.435. The summed E-state index contributed by atoms with van der Waals surface area (Å²) in [5.41, 5.74) is 2.40. The van der Waals surface area contributed by atoms with Crippen LogP contribution < -0.4 is 9.50 Å². The Morgan fingerprint density at radius 2 is 1.73 bits per heavy atom. The molecule has 0 atom stereocenters. The van der Waals surface area contributed by atoms with Crippen molar-refractivity contribution in [1.29, 1.82) is 0 Å². The molecule has 0 spiro atoms. The van der Waals surface area contributed by atoms with Crippen molar-refractivity contribution in [2.75, 3.05) is 11.9 Å². The van der Waals surface area contributed by atoms with Crippen LogP contribution in [0, 0.1) is 18.7 Å². The van der Waals surface area contributed by atoms with Crippen molar-refractivity contribution >= 4 is 21.8 Å². The van der Waals surface area contributed by atoms with Gasteiger partial charge in [0.15, 0.2) is 0 Å². The van der Waals surface area contributed by atoms with Crippen molar-refractivity contribution in [2.24, 2.45) is 5.92 Å². The molecule has 0 aromatic heterocycles. The first kappa shape index (κ1) is 24.3. The highest BCUT2D eigenvalue weighted by molar-refractivity contribution is 7.87. The van der Waals surface area contributed by atoms with E-state index in [1.165, 1.54) is 6.07 Å². The third-order valence-electron chi connectivity index (χ3n) is 4.84. The molecule has 0 aliphatic rings. The molecule has 0 saturated carbocycles. The number of urea groups is 1. The Hall–Kier alpha value is -3.39. The fourth-order valence-electron chi connectivity index (χ4n) is 3.26. The van der Waals surface area contributed by atoms with E-state index in [2.05, 4.69) is 5.32 Å². The van der Waals surface area contributed by atoms with Gasteiger partial charge in [-0.1, -0.05) is 44.2 Å². The summed E-state index contributed by atoms with van der Waals surface area (Å²) in [5, 5.41) is 2.94. The molecule has 0 aliphatic carbocycles. The first-order valence-electron chi connectivity index (χ1n) is 10.5. The topological polar surface area (TPSA) is 75.7 Å². The first-order valence-corrected chi connectivity index (χ1v) is 12.0. The molecule has 3 aromatic carbocycles. The van der Waals surface area contributed by atoms with Crippen LogP contribution in [0.4, 0.5) is 14.9 Å². The number of hydrogen-bond donors (Lipinski definition) is 1. The lowest BCUT2D eigenvalue weighted by molar-refractivity contribution is 0.201. The Morgan fingerprint density at radius 1 is 1.03 bits per heavy atom. The van der Waals surface area contributed by atoms with Crippen LogP contribution in [0.1, 0.15) is 25.0 Å². The monoisotopic (exact) mass is 470 g/mol. The summed E-state index contributed by atoms with van der Waals surface area (Å²) in [5.74, 6) is -0.197. The minimum atomic E-state index is -4.12. The Labute approximate surface area is 194 Å². The molecule has 33 heavy (non-hydrogen) atoms. The number of carbonyl (C=O) groups is 1. The molecular formula is C25H27FN2O4S. The number of nitrogens with one attached hydrogen (secondary N) is 1. The molecule has 0 bridgehead atoms. The molecule has 174 valence electrons. The average Bonchev–Trinajstić information content (AvgIpc) is 2.75. The molecule has 3 aromatic rings. The van der Waals surface area contributed by atoms with E-state index in [9.17, 15) is 17.6 Å². The zero-order valence-corrected chi connectivity index (χ0v) is 19.6. The fraction of sp³-hybridized carbons (Fsp3) is 0.240.